The zero-order chi connectivity index (χ0) is 21.0. The molecule has 1 aliphatic heterocycles. The molecule has 3 N–H and O–H groups in total. The second-order valence-electron chi connectivity index (χ2n) is 8.92. The zero-order valence-electron chi connectivity index (χ0n) is 17.1. The minimum atomic E-state index is -0.449. The zero-order valence-corrected chi connectivity index (χ0v) is 17.1. The first-order chi connectivity index (χ1) is 14.4. The van der Waals surface area contributed by atoms with Crippen LogP contribution in [0.5, 0.6) is 5.75 Å². The lowest BCUT2D eigenvalue weighted by Crippen LogP contribution is -2.31. The van der Waals surface area contributed by atoms with Gasteiger partial charge in [-0.05, 0) is 49.3 Å². The lowest BCUT2D eigenvalue weighted by atomic mass is 9.77. The molecule has 5 rings (SSSR count). The second kappa shape index (κ2) is 6.84. The fourth-order valence-electron chi connectivity index (χ4n) is 5.23. The number of aliphatic hydroxyl groups excluding tert-OH is 1. The maximum absolute atomic E-state index is 13.1. The molecule has 156 valence electrons. The van der Waals surface area contributed by atoms with Crippen molar-refractivity contribution in [3.8, 4) is 5.75 Å². The molecule has 2 aliphatic carbocycles. The molecular formula is C24H26N2O4. The minimum absolute atomic E-state index is 0.120. The van der Waals surface area contributed by atoms with E-state index in [1.54, 1.807) is 13.1 Å². The number of carbonyl (C=O) groups is 2. The number of benzene rings is 2. The van der Waals surface area contributed by atoms with Crippen LogP contribution in [0.1, 0.15) is 51.6 Å². The van der Waals surface area contributed by atoms with Gasteiger partial charge in [0.15, 0.2) is 0 Å². The largest absolute Gasteiger partial charge is 0.491 e. The normalized spacial score (nSPS) is 30.8. The molecule has 2 saturated carbocycles. The van der Waals surface area contributed by atoms with Gasteiger partial charge in [0.2, 0.25) is 0 Å². The monoisotopic (exact) mass is 406 g/mol. The van der Waals surface area contributed by atoms with Crippen LogP contribution in [0.25, 0.3) is 0 Å². The van der Waals surface area contributed by atoms with Crippen LogP contribution in [0.4, 0.5) is 0 Å². The Morgan fingerprint density at radius 1 is 1.10 bits per heavy atom. The summed E-state index contributed by atoms with van der Waals surface area (Å²) >= 11 is 0. The first-order valence-electron chi connectivity index (χ1n) is 10.5. The van der Waals surface area contributed by atoms with Gasteiger partial charge in [-0.15, -0.1) is 0 Å². The molecule has 2 aromatic carbocycles. The van der Waals surface area contributed by atoms with Gasteiger partial charge in [-0.25, -0.2) is 0 Å². The van der Waals surface area contributed by atoms with Crippen LogP contribution in [-0.2, 0) is 5.41 Å². The number of aliphatic hydroxyl groups is 1. The van der Waals surface area contributed by atoms with Crippen LogP contribution in [0, 0.1) is 11.8 Å². The van der Waals surface area contributed by atoms with E-state index in [1.165, 1.54) is 0 Å². The van der Waals surface area contributed by atoms with Gasteiger partial charge in [0, 0.05) is 24.2 Å². The van der Waals surface area contributed by atoms with Crippen molar-refractivity contribution in [2.45, 2.75) is 37.3 Å². The van der Waals surface area contributed by atoms with Gasteiger partial charge >= 0.3 is 0 Å². The van der Waals surface area contributed by atoms with E-state index in [2.05, 4.69) is 17.6 Å². The van der Waals surface area contributed by atoms with E-state index in [1.807, 2.05) is 36.4 Å². The average molecular weight is 406 g/mol. The summed E-state index contributed by atoms with van der Waals surface area (Å²) in [5.74, 6) is 0.830. The van der Waals surface area contributed by atoms with Crippen LogP contribution < -0.4 is 15.4 Å². The van der Waals surface area contributed by atoms with Crippen molar-refractivity contribution in [2.75, 3.05) is 13.7 Å². The van der Waals surface area contributed by atoms with E-state index >= 15 is 0 Å². The van der Waals surface area contributed by atoms with Gasteiger partial charge < -0.3 is 20.5 Å². The Bertz CT molecular complexity index is 1010. The molecule has 0 saturated heterocycles. The predicted octanol–water partition coefficient (Wildman–Crippen LogP) is 2.24. The number of rotatable bonds is 4. The van der Waals surface area contributed by atoms with Crippen molar-refractivity contribution in [3.63, 3.8) is 0 Å². The van der Waals surface area contributed by atoms with E-state index < -0.39 is 5.41 Å². The fourth-order valence-corrected chi connectivity index (χ4v) is 5.23. The minimum Gasteiger partial charge on any atom is -0.491 e. The summed E-state index contributed by atoms with van der Waals surface area (Å²) < 4.78 is 6.00. The highest BCUT2D eigenvalue weighted by Gasteiger charge is 2.56. The van der Waals surface area contributed by atoms with E-state index in [-0.39, 0.29) is 24.0 Å². The summed E-state index contributed by atoms with van der Waals surface area (Å²) in [5.41, 5.74) is 2.33. The molecule has 2 fully saturated rings. The molecule has 3 unspecified atom stereocenters. The fraction of sp³-hybridized carbons (Fsp3) is 0.417. The molecule has 2 amide bonds. The van der Waals surface area contributed by atoms with Gasteiger partial charge in [-0.3, -0.25) is 9.59 Å². The van der Waals surface area contributed by atoms with Crippen LogP contribution in [0.15, 0.2) is 42.5 Å². The van der Waals surface area contributed by atoms with E-state index in [9.17, 15) is 14.7 Å². The van der Waals surface area contributed by atoms with Crippen molar-refractivity contribution in [2.24, 2.45) is 11.8 Å². The van der Waals surface area contributed by atoms with Gasteiger partial charge in [0.25, 0.3) is 11.8 Å². The number of fused-ring (bicyclic) bond motifs is 2. The Morgan fingerprint density at radius 2 is 1.80 bits per heavy atom. The molecule has 6 heteroatoms. The molecule has 1 heterocycles. The molecule has 6 nitrogen and oxygen atoms in total. The third-order valence-electron chi connectivity index (χ3n) is 7.05. The predicted molar refractivity (Wildman–Crippen MR) is 112 cm³/mol. The highest BCUT2D eigenvalue weighted by molar-refractivity contribution is 6.02. The standard InChI is InChI=1S/C24H26N2O4/c1-24(14-6-4-3-5-7-14)12-30-21-18(23(29)25-2)8-13(9-19(21)24)22(28)26-20-16-10-15(27)11-17(16)20/h3-9,15-17,20,27H,10-12H2,1-2H3,(H,25,29)(H,26,28). The topological polar surface area (TPSA) is 87.7 Å². The van der Waals surface area contributed by atoms with E-state index in [4.69, 9.17) is 4.74 Å². The van der Waals surface area contributed by atoms with Gasteiger partial charge in [-0.2, -0.15) is 0 Å². The Hall–Kier alpha value is -2.86. The van der Waals surface area contributed by atoms with Crippen molar-refractivity contribution in [3.05, 3.63) is 64.7 Å². The number of hydrogen-bond donors (Lipinski definition) is 3. The number of nitrogens with one attached hydrogen (secondary N) is 2. The summed E-state index contributed by atoms with van der Waals surface area (Å²) in [4.78, 5) is 25.6. The number of ether oxygens (including phenoxy) is 1. The van der Waals surface area contributed by atoms with Crippen molar-refractivity contribution in [1.82, 2.24) is 10.6 Å². The van der Waals surface area contributed by atoms with E-state index in [0.717, 1.165) is 24.0 Å². The number of carbonyl (C=O) groups excluding carboxylic acids is 2. The van der Waals surface area contributed by atoms with Gasteiger partial charge in [0.05, 0.1) is 17.1 Å². The van der Waals surface area contributed by atoms with Crippen LogP contribution in [-0.4, -0.2) is 42.7 Å². The SMILES string of the molecule is CNC(=O)c1cc(C(=O)NC2C3CC(O)CC32)cc2c1OCC2(C)c1ccccc1. The first kappa shape index (κ1) is 19.1. The number of hydrogen-bond acceptors (Lipinski definition) is 4. The Labute approximate surface area is 175 Å². The smallest absolute Gasteiger partial charge is 0.254 e. The summed E-state index contributed by atoms with van der Waals surface area (Å²) in [6.45, 7) is 2.49. The van der Waals surface area contributed by atoms with E-state index in [0.29, 0.717) is 35.3 Å². The maximum atomic E-state index is 13.1. The summed E-state index contributed by atoms with van der Waals surface area (Å²) in [5, 5.41) is 15.5. The average Bonchev–Trinajstić information content (AvgIpc) is 3.08. The van der Waals surface area contributed by atoms with Crippen molar-refractivity contribution < 1.29 is 19.4 Å². The summed E-state index contributed by atoms with van der Waals surface area (Å²) in [6, 6.07) is 13.6. The van der Waals surface area contributed by atoms with Crippen LogP contribution in [0.2, 0.25) is 0 Å². The van der Waals surface area contributed by atoms with Gasteiger partial charge in [-0.1, -0.05) is 30.3 Å². The number of amides is 2. The third-order valence-corrected chi connectivity index (χ3v) is 7.05. The first-order valence-corrected chi connectivity index (χ1v) is 10.5. The molecule has 30 heavy (non-hydrogen) atoms. The second-order valence-corrected chi connectivity index (χ2v) is 8.92. The highest BCUT2D eigenvalue weighted by Crippen LogP contribution is 2.52. The Balaban J connectivity index is 1.51. The third kappa shape index (κ3) is 2.89. The molecule has 0 spiro atoms. The summed E-state index contributed by atoms with van der Waals surface area (Å²) in [6.07, 6.45) is 1.27. The molecule has 0 radical (unpaired) electrons. The lowest BCUT2D eigenvalue weighted by molar-refractivity contribution is 0.0937. The molecule has 0 aromatic heterocycles. The van der Waals surface area contributed by atoms with Crippen LogP contribution in [0.3, 0.4) is 0 Å². The van der Waals surface area contributed by atoms with Crippen molar-refractivity contribution >= 4 is 11.8 Å². The Morgan fingerprint density at radius 3 is 2.47 bits per heavy atom. The maximum Gasteiger partial charge on any atom is 0.254 e. The van der Waals surface area contributed by atoms with Crippen molar-refractivity contribution in [1.29, 1.82) is 0 Å². The Kier molecular flexibility index (Phi) is 4.36. The van der Waals surface area contributed by atoms with Crippen LogP contribution >= 0.6 is 0 Å². The van der Waals surface area contributed by atoms with Gasteiger partial charge in [0.1, 0.15) is 12.4 Å². The molecule has 3 aliphatic rings. The molecule has 0 bridgehead atoms. The quantitative estimate of drug-likeness (QED) is 0.727. The highest BCUT2D eigenvalue weighted by atomic mass is 16.5. The summed E-state index contributed by atoms with van der Waals surface area (Å²) in [7, 11) is 1.57. The molecule has 2 aromatic rings. The molecular weight excluding hydrogens is 380 g/mol. The molecule has 3 atom stereocenters. The lowest BCUT2D eigenvalue weighted by Gasteiger charge is -2.24.